The summed E-state index contributed by atoms with van der Waals surface area (Å²) in [7, 11) is 0. The van der Waals surface area contributed by atoms with Crippen LogP contribution in [0, 0.1) is 11.3 Å². The van der Waals surface area contributed by atoms with Crippen molar-refractivity contribution in [2.45, 2.75) is 57.9 Å². The van der Waals surface area contributed by atoms with E-state index in [1.54, 1.807) is 0 Å². The number of hydrogen-bond acceptors (Lipinski definition) is 2. The van der Waals surface area contributed by atoms with E-state index in [0.717, 1.165) is 25.0 Å². The Bertz CT molecular complexity index is 431. The summed E-state index contributed by atoms with van der Waals surface area (Å²) in [5, 5.41) is 3.54. The molecule has 2 heterocycles. The predicted molar refractivity (Wildman–Crippen MR) is 107 cm³/mol. The third-order valence-electron chi connectivity index (χ3n) is 6.37. The Hall–Kier alpha value is -0.0400. The third kappa shape index (κ3) is 3.97. The number of aliphatic imine (C=N–C) groups is 1. The summed E-state index contributed by atoms with van der Waals surface area (Å²) >= 11 is 0. The van der Waals surface area contributed by atoms with E-state index in [2.05, 4.69) is 22.0 Å². The van der Waals surface area contributed by atoms with Gasteiger partial charge in [0.05, 0.1) is 0 Å². The van der Waals surface area contributed by atoms with Crippen LogP contribution in [-0.2, 0) is 0 Å². The van der Waals surface area contributed by atoms with Gasteiger partial charge in [0, 0.05) is 38.8 Å². The first-order valence-electron chi connectivity index (χ1n) is 9.55. The highest BCUT2D eigenvalue weighted by Crippen LogP contribution is 2.47. The quantitative estimate of drug-likeness (QED) is 0.421. The lowest BCUT2D eigenvalue weighted by Gasteiger charge is -2.38. The van der Waals surface area contributed by atoms with E-state index >= 15 is 0 Å². The minimum atomic E-state index is 0. The highest BCUT2D eigenvalue weighted by atomic mass is 127. The molecule has 2 saturated heterocycles. The summed E-state index contributed by atoms with van der Waals surface area (Å²) < 4.78 is 0. The molecule has 2 aliphatic carbocycles. The SMILES string of the molecule is CCNC(=NCC1CCN(C2CC2)C1)N1CCC2(CCC2)C1.I. The molecular formula is C18H33IN4. The van der Waals surface area contributed by atoms with Crippen molar-refractivity contribution in [2.24, 2.45) is 16.3 Å². The molecule has 4 aliphatic rings. The van der Waals surface area contributed by atoms with Gasteiger partial charge < -0.3 is 15.1 Å². The van der Waals surface area contributed by atoms with Crippen LogP contribution in [0.15, 0.2) is 4.99 Å². The van der Waals surface area contributed by atoms with Crippen LogP contribution in [0.2, 0.25) is 0 Å². The monoisotopic (exact) mass is 432 g/mol. The van der Waals surface area contributed by atoms with Crippen LogP contribution in [-0.4, -0.2) is 61.1 Å². The highest BCUT2D eigenvalue weighted by molar-refractivity contribution is 14.0. The van der Waals surface area contributed by atoms with E-state index in [1.807, 2.05) is 0 Å². The molecule has 0 aromatic heterocycles. The molecule has 132 valence electrons. The molecule has 0 radical (unpaired) electrons. The average Bonchev–Trinajstić information content (AvgIpc) is 3.06. The van der Waals surface area contributed by atoms with E-state index < -0.39 is 0 Å². The fourth-order valence-corrected chi connectivity index (χ4v) is 4.63. The standard InChI is InChI=1S/C18H32N4.HI/c1-2-19-17(22-11-9-18(14-22)7-3-8-18)20-12-15-6-10-21(13-15)16-4-5-16;/h15-16H,2-14H2,1H3,(H,19,20);1H. The molecule has 4 nitrogen and oxygen atoms in total. The molecule has 0 bridgehead atoms. The maximum atomic E-state index is 5.02. The van der Waals surface area contributed by atoms with Crippen LogP contribution in [0.5, 0.6) is 0 Å². The zero-order valence-electron chi connectivity index (χ0n) is 14.6. The first-order valence-corrected chi connectivity index (χ1v) is 9.55. The first-order chi connectivity index (χ1) is 10.8. The van der Waals surface area contributed by atoms with Crippen LogP contribution < -0.4 is 5.32 Å². The van der Waals surface area contributed by atoms with Crippen molar-refractivity contribution < 1.29 is 0 Å². The molecule has 1 atom stereocenters. The molecule has 5 heteroatoms. The van der Waals surface area contributed by atoms with Crippen LogP contribution in [0.25, 0.3) is 0 Å². The summed E-state index contributed by atoms with van der Waals surface area (Å²) in [5.74, 6) is 1.98. The minimum Gasteiger partial charge on any atom is -0.357 e. The van der Waals surface area contributed by atoms with Gasteiger partial charge in [0.1, 0.15) is 0 Å². The Morgan fingerprint density at radius 1 is 1.17 bits per heavy atom. The van der Waals surface area contributed by atoms with Gasteiger partial charge in [0.25, 0.3) is 0 Å². The van der Waals surface area contributed by atoms with Crippen molar-refractivity contribution in [1.29, 1.82) is 0 Å². The van der Waals surface area contributed by atoms with Crippen molar-refractivity contribution >= 4 is 29.9 Å². The van der Waals surface area contributed by atoms with Gasteiger partial charge in [-0.25, -0.2) is 0 Å². The minimum absolute atomic E-state index is 0. The van der Waals surface area contributed by atoms with E-state index in [4.69, 9.17) is 4.99 Å². The number of halogens is 1. The number of rotatable bonds is 4. The van der Waals surface area contributed by atoms with Crippen molar-refractivity contribution in [3.05, 3.63) is 0 Å². The Labute approximate surface area is 158 Å². The van der Waals surface area contributed by atoms with Crippen molar-refractivity contribution in [1.82, 2.24) is 15.1 Å². The molecule has 1 N–H and O–H groups in total. The Morgan fingerprint density at radius 3 is 2.61 bits per heavy atom. The first kappa shape index (κ1) is 17.8. The second-order valence-electron chi connectivity index (χ2n) is 8.10. The summed E-state index contributed by atoms with van der Waals surface area (Å²) in [6.07, 6.45) is 9.95. The second-order valence-corrected chi connectivity index (χ2v) is 8.10. The van der Waals surface area contributed by atoms with E-state index in [-0.39, 0.29) is 24.0 Å². The summed E-state index contributed by atoms with van der Waals surface area (Å²) in [6.45, 7) is 9.26. The largest absolute Gasteiger partial charge is 0.357 e. The molecule has 0 aromatic rings. The molecule has 2 saturated carbocycles. The predicted octanol–water partition coefficient (Wildman–Crippen LogP) is 2.93. The van der Waals surface area contributed by atoms with Gasteiger partial charge in [-0.05, 0) is 63.3 Å². The number of hydrogen-bond donors (Lipinski definition) is 1. The highest BCUT2D eigenvalue weighted by Gasteiger charge is 2.43. The summed E-state index contributed by atoms with van der Waals surface area (Å²) in [6, 6.07) is 0.930. The molecule has 0 aromatic carbocycles. The van der Waals surface area contributed by atoms with Gasteiger partial charge in [-0.2, -0.15) is 0 Å². The summed E-state index contributed by atoms with van der Waals surface area (Å²) in [5.41, 5.74) is 0.659. The molecule has 4 fully saturated rings. The number of nitrogens with one attached hydrogen (secondary N) is 1. The lowest BCUT2D eigenvalue weighted by Crippen LogP contribution is -2.42. The van der Waals surface area contributed by atoms with Crippen molar-refractivity contribution in [3.8, 4) is 0 Å². The maximum Gasteiger partial charge on any atom is 0.193 e. The molecule has 23 heavy (non-hydrogen) atoms. The van der Waals surface area contributed by atoms with Gasteiger partial charge >= 0.3 is 0 Å². The summed E-state index contributed by atoms with van der Waals surface area (Å²) in [4.78, 5) is 10.3. The number of nitrogens with zero attached hydrogens (tertiary/aromatic N) is 3. The fraction of sp³-hybridized carbons (Fsp3) is 0.944. The van der Waals surface area contributed by atoms with E-state index in [9.17, 15) is 0 Å². The van der Waals surface area contributed by atoms with Gasteiger partial charge in [-0.1, -0.05) is 6.42 Å². The van der Waals surface area contributed by atoms with Gasteiger partial charge in [0.15, 0.2) is 5.96 Å². The average molecular weight is 432 g/mol. The number of guanidine groups is 1. The van der Waals surface area contributed by atoms with Crippen LogP contribution in [0.1, 0.15) is 51.9 Å². The molecule has 1 unspecified atom stereocenters. The molecular weight excluding hydrogens is 399 g/mol. The smallest absolute Gasteiger partial charge is 0.193 e. The Balaban J connectivity index is 0.00000156. The van der Waals surface area contributed by atoms with Crippen molar-refractivity contribution in [3.63, 3.8) is 0 Å². The normalized spacial score (nSPS) is 30.4. The van der Waals surface area contributed by atoms with E-state index in [1.165, 1.54) is 77.1 Å². The van der Waals surface area contributed by atoms with Crippen LogP contribution in [0.4, 0.5) is 0 Å². The lowest BCUT2D eigenvalue weighted by molar-refractivity contribution is 0.151. The Kier molecular flexibility index (Phi) is 5.76. The van der Waals surface area contributed by atoms with Gasteiger partial charge in [0.2, 0.25) is 0 Å². The molecule has 1 spiro atoms. The topological polar surface area (TPSA) is 30.9 Å². The Morgan fingerprint density at radius 2 is 2.00 bits per heavy atom. The van der Waals surface area contributed by atoms with Crippen molar-refractivity contribution in [2.75, 3.05) is 39.3 Å². The lowest BCUT2D eigenvalue weighted by atomic mass is 9.68. The van der Waals surface area contributed by atoms with Gasteiger partial charge in [-0.15, -0.1) is 24.0 Å². The fourth-order valence-electron chi connectivity index (χ4n) is 4.63. The zero-order chi connectivity index (χ0) is 15.0. The van der Waals surface area contributed by atoms with Crippen LogP contribution in [0.3, 0.4) is 0 Å². The molecule has 0 amide bonds. The molecule has 4 rings (SSSR count). The maximum absolute atomic E-state index is 5.02. The van der Waals surface area contributed by atoms with Gasteiger partial charge in [-0.3, -0.25) is 4.99 Å². The van der Waals surface area contributed by atoms with Crippen LogP contribution >= 0.6 is 24.0 Å². The van der Waals surface area contributed by atoms with E-state index in [0.29, 0.717) is 5.41 Å². The zero-order valence-corrected chi connectivity index (χ0v) is 16.9. The third-order valence-corrected chi connectivity index (χ3v) is 6.37. The number of likely N-dealkylation sites (tertiary alicyclic amines) is 2. The molecule has 2 aliphatic heterocycles. The second kappa shape index (κ2) is 7.46.